The highest BCUT2D eigenvalue weighted by Crippen LogP contribution is 2.24. The van der Waals surface area contributed by atoms with Gasteiger partial charge in [0.1, 0.15) is 5.75 Å². The molecule has 0 atom stereocenters. The highest BCUT2D eigenvalue weighted by molar-refractivity contribution is 9.08. The van der Waals surface area contributed by atoms with Crippen molar-refractivity contribution in [2.45, 2.75) is 11.9 Å². The zero-order valence-corrected chi connectivity index (χ0v) is 8.59. The maximum Gasteiger partial charge on any atom is 0.387 e. The van der Waals surface area contributed by atoms with Crippen molar-refractivity contribution in [2.75, 3.05) is 0 Å². The number of hydrogen-bond acceptors (Lipinski definition) is 2. The summed E-state index contributed by atoms with van der Waals surface area (Å²) in [6, 6.07) is 6.22. The molecule has 0 aliphatic rings. The normalized spacial score (nSPS) is 9.93. The number of nitrogens with zero attached hydrogens (tertiary/aromatic N) is 1. The Morgan fingerprint density at radius 1 is 1.50 bits per heavy atom. The lowest BCUT2D eigenvalue weighted by Gasteiger charge is -2.08. The van der Waals surface area contributed by atoms with Gasteiger partial charge in [0.05, 0.1) is 11.6 Å². The van der Waals surface area contributed by atoms with Crippen LogP contribution in [0.15, 0.2) is 18.2 Å². The van der Waals surface area contributed by atoms with Crippen LogP contribution in [0, 0.1) is 11.3 Å². The van der Waals surface area contributed by atoms with Crippen LogP contribution in [-0.2, 0) is 5.33 Å². The van der Waals surface area contributed by atoms with Crippen LogP contribution < -0.4 is 4.74 Å². The topological polar surface area (TPSA) is 33.0 Å². The van der Waals surface area contributed by atoms with E-state index >= 15 is 0 Å². The number of alkyl halides is 3. The Morgan fingerprint density at radius 2 is 2.21 bits per heavy atom. The van der Waals surface area contributed by atoms with E-state index in [0.717, 1.165) is 0 Å². The molecule has 0 spiro atoms. The molecule has 0 amide bonds. The minimum absolute atomic E-state index is 0.0934. The molecule has 0 aromatic heterocycles. The van der Waals surface area contributed by atoms with Crippen LogP contribution in [0.1, 0.15) is 11.1 Å². The van der Waals surface area contributed by atoms with Gasteiger partial charge in [-0.3, -0.25) is 0 Å². The van der Waals surface area contributed by atoms with E-state index in [1.54, 1.807) is 0 Å². The number of nitriles is 1. The third kappa shape index (κ3) is 2.67. The lowest BCUT2D eigenvalue weighted by atomic mass is 10.1. The van der Waals surface area contributed by atoms with Crippen LogP contribution in [0.5, 0.6) is 5.75 Å². The summed E-state index contributed by atoms with van der Waals surface area (Å²) in [7, 11) is 0. The van der Waals surface area contributed by atoms with E-state index in [0.29, 0.717) is 16.5 Å². The maximum absolute atomic E-state index is 11.9. The smallest absolute Gasteiger partial charge is 0.387 e. The summed E-state index contributed by atoms with van der Waals surface area (Å²) in [5, 5.41) is 8.94. The van der Waals surface area contributed by atoms with Crippen LogP contribution in [0.2, 0.25) is 0 Å². The maximum atomic E-state index is 11.9. The molecule has 1 aromatic rings. The highest BCUT2D eigenvalue weighted by atomic mass is 79.9. The molecular weight excluding hydrogens is 256 g/mol. The molecule has 0 fully saturated rings. The van der Waals surface area contributed by atoms with Gasteiger partial charge in [0.2, 0.25) is 0 Å². The third-order valence-corrected chi connectivity index (χ3v) is 2.15. The second-order valence-corrected chi connectivity index (χ2v) is 3.01. The van der Waals surface area contributed by atoms with Crippen molar-refractivity contribution in [3.05, 3.63) is 29.3 Å². The molecule has 0 heterocycles. The molecule has 0 saturated carbocycles. The minimum Gasteiger partial charge on any atom is -0.435 e. The summed E-state index contributed by atoms with van der Waals surface area (Å²) in [5.41, 5.74) is 0.949. The van der Waals surface area contributed by atoms with E-state index in [1.807, 2.05) is 6.07 Å². The van der Waals surface area contributed by atoms with E-state index in [1.165, 1.54) is 18.2 Å². The van der Waals surface area contributed by atoms with Crippen LogP contribution in [0.4, 0.5) is 8.78 Å². The second-order valence-electron chi connectivity index (χ2n) is 2.45. The van der Waals surface area contributed by atoms with Gasteiger partial charge in [-0.2, -0.15) is 14.0 Å². The van der Waals surface area contributed by atoms with Gasteiger partial charge in [-0.05, 0) is 18.2 Å². The Kier molecular flexibility index (Phi) is 3.84. The summed E-state index contributed by atoms with van der Waals surface area (Å²) in [6.07, 6.45) is 0. The average molecular weight is 262 g/mol. The zero-order chi connectivity index (χ0) is 10.6. The SMILES string of the molecule is N#Cc1ccc(OC(F)F)c(CBr)c1. The number of ether oxygens (including phenoxy) is 1. The first-order chi connectivity index (χ1) is 6.67. The Morgan fingerprint density at radius 3 is 2.71 bits per heavy atom. The van der Waals surface area contributed by atoms with Gasteiger partial charge >= 0.3 is 6.61 Å². The van der Waals surface area contributed by atoms with Gasteiger partial charge < -0.3 is 4.74 Å². The van der Waals surface area contributed by atoms with E-state index < -0.39 is 6.61 Å². The van der Waals surface area contributed by atoms with Crippen molar-refractivity contribution < 1.29 is 13.5 Å². The Hall–Kier alpha value is -1.15. The summed E-state index contributed by atoms with van der Waals surface area (Å²) < 4.78 is 28.1. The van der Waals surface area contributed by atoms with Crippen molar-refractivity contribution in [1.82, 2.24) is 0 Å². The quantitative estimate of drug-likeness (QED) is 0.784. The van der Waals surface area contributed by atoms with Gasteiger partial charge in [-0.1, -0.05) is 15.9 Å². The van der Waals surface area contributed by atoms with Gasteiger partial charge in [0, 0.05) is 10.9 Å². The molecular formula is C9H6BrF2NO. The molecule has 1 aromatic carbocycles. The van der Waals surface area contributed by atoms with Crippen LogP contribution in [0.3, 0.4) is 0 Å². The van der Waals surface area contributed by atoms with Gasteiger partial charge in [0.25, 0.3) is 0 Å². The first-order valence-electron chi connectivity index (χ1n) is 3.71. The number of benzene rings is 1. The van der Waals surface area contributed by atoms with Crippen LogP contribution >= 0.6 is 15.9 Å². The van der Waals surface area contributed by atoms with Crippen molar-refractivity contribution in [2.24, 2.45) is 0 Å². The molecule has 0 radical (unpaired) electrons. The number of halogens is 3. The molecule has 0 N–H and O–H groups in total. The second kappa shape index (κ2) is 4.91. The summed E-state index contributed by atoms with van der Waals surface area (Å²) >= 11 is 3.13. The van der Waals surface area contributed by atoms with Gasteiger partial charge in [0.15, 0.2) is 0 Å². The number of hydrogen-bond donors (Lipinski definition) is 0. The first kappa shape index (κ1) is 10.9. The fourth-order valence-electron chi connectivity index (χ4n) is 0.964. The van der Waals surface area contributed by atoms with E-state index in [4.69, 9.17) is 5.26 Å². The van der Waals surface area contributed by atoms with Crippen LogP contribution in [0.25, 0.3) is 0 Å². The largest absolute Gasteiger partial charge is 0.435 e. The molecule has 0 aliphatic heterocycles. The third-order valence-electron chi connectivity index (χ3n) is 1.55. The van der Waals surface area contributed by atoms with Crippen molar-refractivity contribution >= 4 is 15.9 Å². The molecule has 74 valence electrons. The Labute approximate surface area is 88.2 Å². The van der Waals surface area contributed by atoms with E-state index in [9.17, 15) is 8.78 Å². The highest BCUT2D eigenvalue weighted by Gasteiger charge is 2.09. The fourth-order valence-corrected chi connectivity index (χ4v) is 1.40. The molecule has 0 unspecified atom stereocenters. The lowest BCUT2D eigenvalue weighted by Crippen LogP contribution is -2.04. The molecule has 0 aliphatic carbocycles. The summed E-state index contributed by atoms with van der Waals surface area (Å²) in [5.74, 6) is 0.0934. The van der Waals surface area contributed by atoms with Crippen molar-refractivity contribution in [3.63, 3.8) is 0 Å². The first-order valence-corrected chi connectivity index (χ1v) is 4.83. The molecule has 1 rings (SSSR count). The Balaban J connectivity index is 3.00. The van der Waals surface area contributed by atoms with Crippen molar-refractivity contribution in [3.8, 4) is 11.8 Å². The monoisotopic (exact) mass is 261 g/mol. The fraction of sp³-hybridized carbons (Fsp3) is 0.222. The molecule has 5 heteroatoms. The van der Waals surface area contributed by atoms with Gasteiger partial charge in [-0.25, -0.2) is 0 Å². The lowest BCUT2D eigenvalue weighted by molar-refractivity contribution is -0.0503. The molecule has 2 nitrogen and oxygen atoms in total. The number of rotatable bonds is 3. The average Bonchev–Trinajstić information content (AvgIpc) is 2.17. The predicted octanol–water partition coefficient (Wildman–Crippen LogP) is 3.05. The minimum atomic E-state index is -2.85. The van der Waals surface area contributed by atoms with Crippen molar-refractivity contribution in [1.29, 1.82) is 5.26 Å². The molecule has 0 saturated heterocycles. The van der Waals surface area contributed by atoms with Gasteiger partial charge in [-0.15, -0.1) is 0 Å². The summed E-state index contributed by atoms with van der Waals surface area (Å²) in [6.45, 7) is -2.85. The summed E-state index contributed by atoms with van der Waals surface area (Å²) in [4.78, 5) is 0. The zero-order valence-electron chi connectivity index (χ0n) is 7.01. The predicted molar refractivity (Wildman–Crippen MR) is 50.4 cm³/mol. The van der Waals surface area contributed by atoms with E-state index in [-0.39, 0.29) is 5.75 Å². The Bertz CT molecular complexity index is 362. The van der Waals surface area contributed by atoms with Crippen LogP contribution in [-0.4, -0.2) is 6.61 Å². The molecule has 14 heavy (non-hydrogen) atoms. The standard InChI is InChI=1S/C9H6BrF2NO/c10-4-7-3-6(5-13)1-2-8(7)14-9(11)12/h1-3,9H,4H2. The van der Waals surface area contributed by atoms with E-state index in [2.05, 4.69) is 20.7 Å². The molecule has 0 bridgehead atoms.